The van der Waals surface area contributed by atoms with Gasteiger partial charge in [-0.1, -0.05) is 31.2 Å². The fourth-order valence-electron chi connectivity index (χ4n) is 2.69. The number of halogens is 3. The Morgan fingerprint density at radius 3 is 2.54 bits per heavy atom. The van der Waals surface area contributed by atoms with Gasteiger partial charge in [-0.25, -0.2) is 0 Å². The van der Waals surface area contributed by atoms with E-state index in [0.29, 0.717) is 12.0 Å². The van der Waals surface area contributed by atoms with Gasteiger partial charge in [-0.3, -0.25) is 4.79 Å². The molecule has 0 saturated carbocycles. The van der Waals surface area contributed by atoms with E-state index in [1.54, 1.807) is 26.1 Å². The number of nitrogens with one attached hydrogen (secondary N) is 1. The molecule has 0 fully saturated rings. The summed E-state index contributed by atoms with van der Waals surface area (Å²) in [6, 6.07) is 9.56. The summed E-state index contributed by atoms with van der Waals surface area (Å²) in [7, 11) is 1.54. The first-order valence-electron chi connectivity index (χ1n) is 8.37. The van der Waals surface area contributed by atoms with Crippen LogP contribution in [0, 0.1) is 6.92 Å². The maximum atomic E-state index is 13.3. The minimum Gasteiger partial charge on any atom is -0.488 e. The van der Waals surface area contributed by atoms with Gasteiger partial charge in [0.25, 0.3) is 0 Å². The SMILES string of the molecule is CCc1ccc(OCc2c(C)cccc2CC(=O)NC)c(C(F)(F)F)c1. The number of amides is 1. The molecule has 0 atom stereocenters. The first-order valence-corrected chi connectivity index (χ1v) is 8.37. The summed E-state index contributed by atoms with van der Waals surface area (Å²) in [4.78, 5) is 11.7. The van der Waals surface area contributed by atoms with Crippen molar-refractivity contribution in [1.29, 1.82) is 0 Å². The van der Waals surface area contributed by atoms with Gasteiger partial charge < -0.3 is 10.1 Å². The first-order chi connectivity index (χ1) is 12.3. The summed E-state index contributed by atoms with van der Waals surface area (Å²) in [6.07, 6.45) is -3.83. The zero-order valence-electron chi connectivity index (χ0n) is 15.0. The summed E-state index contributed by atoms with van der Waals surface area (Å²) in [5.41, 5.74) is 2.15. The van der Waals surface area contributed by atoms with Gasteiger partial charge in [0.2, 0.25) is 5.91 Å². The second-order valence-electron chi connectivity index (χ2n) is 6.03. The molecule has 2 aromatic carbocycles. The molecule has 6 heteroatoms. The molecule has 140 valence electrons. The molecule has 0 unspecified atom stereocenters. The summed E-state index contributed by atoms with van der Waals surface area (Å²) >= 11 is 0. The van der Waals surface area contributed by atoms with E-state index >= 15 is 0 Å². The third-order valence-corrected chi connectivity index (χ3v) is 4.27. The Kier molecular flexibility index (Phi) is 6.29. The lowest BCUT2D eigenvalue weighted by Crippen LogP contribution is -2.21. The molecule has 0 spiro atoms. The lowest BCUT2D eigenvalue weighted by Gasteiger charge is -2.17. The van der Waals surface area contributed by atoms with E-state index in [1.165, 1.54) is 6.07 Å². The third kappa shape index (κ3) is 4.77. The second kappa shape index (κ2) is 8.25. The van der Waals surface area contributed by atoms with Crippen LogP contribution >= 0.6 is 0 Å². The topological polar surface area (TPSA) is 38.3 Å². The Bertz CT molecular complexity index is 785. The number of carbonyl (C=O) groups excluding carboxylic acids is 1. The van der Waals surface area contributed by atoms with Crippen molar-refractivity contribution < 1.29 is 22.7 Å². The predicted octanol–water partition coefficient (Wildman–Crippen LogP) is 4.44. The second-order valence-corrected chi connectivity index (χ2v) is 6.03. The molecular weight excluding hydrogens is 343 g/mol. The Morgan fingerprint density at radius 2 is 1.92 bits per heavy atom. The molecule has 0 radical (unpaired) electrons. The maximum Gasteiger partial charge on any atom is 0.419 e. The van der Waals surface area contributed by atoms with Crippen LogP contribution in [0.25, 0.3) is 0 Å². The maximum absolute atomic E-state index is 13.3. The van der Waals surface area contributed by atoms with Crippen molar-refractivity contribution >= 4 is 5.91 Å². The van der Waals surface area contributed by atoms with Gasteiger partial charge in [0.1, 0.15) is 12.4 Å². The highest BCUT2D eigenvalue weighted by atomic mass is 19.4. The number of hydrogen-bond acceptors (Lipinski definition) is 2. The smallest absolute Gasteiger partial charge is 0.419 e. The molecule has 26 heavy (non-hydrogen) atoms. The quantitative estimate of drug-likeness (QED) is 0.822. The monoisotopic (exact) mass is 365 g/mol. The standard InChI is InChI=1S/C20H22F3NO2/c1-4-14-8-9-18(17(10-14)20(21,22)23)26-12-16-13(2)6-5-7-15(16)11-19(25)24-3/h5-10H,4,11-12H2,1-3H3,(H,24,25). The molecule has 2 aromatic rings. The van der Waals surface area contributed by atoms with Crippen LogP contribution in [0.5, 0.6) is 5.75 Å². The molecule has 0 aromatic heterocycles. The molecule has 0 aliphatic carbocycles. The molecule has 1 amide bonds. The van der Waals surface area contributed by atoms with Crippen molar-refractivity contribution in [2.24, 2.45) is 0 Å². The van der Waals surface area contributed by atoms with Crippen LogP contribution in [0.1, 0.15) is 34.7 Å². The van der Waals surface area contributed by atoms with Gasteiger partial charge in [-0.2, -0.15) is 13.2 Å². The van der Waals surface area contributed by atoms with Gasteiger partial charge >= 0.3 is 6.18 Å². The minimum atomic E-state index is -4.49. The molecule has 0 aliphatic rings. The number of hydrogen-bond donors (Lipinski definition) is 1. The normalized spacial score (nSPS) is 11.3. The number of ether oxygens (including phenoxy) is 1. The zero-order chi connectivity index (χ0) is 19.3. The first kappa shape index (κ1) is 19.8. The van der Waals surface area contributed by atoms with E-state index in [2.05, 4.69) is 5.32 Å². The van der Waals surface area contributed by atoms with Gasteiger partial charge in [-0.05, 0) is 47.7 Å². The van der Waals surface area contributed by atoms with Crippen molar-refractivity contribution in [2.45, 2.75) is 39.5 Å². The third-order valence-electron chi connectivity index (χ3n) is 4.27. The lowest BCUT2D eigenvalue weighted by atomic mass is 10.00. The van der Waals surface area contributed by atoms with Crippen LogP contribution < -0.4 is 10.1 Å². The number of aryl methyl sites for hydroxylation is 2. The Morgan fingerprint density at radius 1 is 1.19 bits per heavy atom. The average molecular weight is 365 g/mol. The van der Waals surface area contributed by atoms with Gasteiger partial charge in [0, 0.05) is 7.05 Å². The van der Waals surface area contributed by atoms with Crippen molar-refractivity contribution in [2.75, 3.05) is 7.05 Å². The number of alkyl halides is 3. The zero-order valence-corrected chi connectivity index (χ0v) is 15.0. The highest BCUT2D eigenvalue weighted by Gasteiger charge is 2.34. The van der Waals surface area contributed by atoms with Crippen molar-refractivity contribution in [3.63, 3.8) is 0 Å². The molecule has 1 N–H and O–H groups in total. The van der Waals surface area contributed by atoms with Crippen LogP contribution in [0.3, 0.4) is 0 Å². The van der Waals surface area contributed by atoms with Crippen LogP contribution in [-0.4, -0.2) is 13.0 Å². The highest BCUT2D eigenvalue weighted by Crippen LogP contribution is 2.37. The minimum absolute atomic E-state index is 0.0342. The highest BCUT2D eigenvalue weighted by molar-refractivity contribution is 5.78. The number of carbonyl (C=O) groups is 1. The van der Waals surface area contributed by atoms with E-state index in [-0.39, 0.29) is 24.7 Å². The summed E-state index contributed by atoms with van der Waals surface area (Å²) in [6.45, 7) is 3.61. The van der Waals surface area contributed by atoms with E-state index < -0.39 is 11.7 Å². The fourth-order valence-corrected chi connectivity index (χ4v) is 2.69. The molecule has 0 aliphatic heterocycles. The number of benzene rings is 2. The summed E-state index contributed by atoms with van der Waals surface area (Å²) in [5, 5.41) is 2.55. The molecule has 0 heterocycles. The van der Waals surface area contributed by atoms with Crippen molar-refractivity contribution in [3.8, 4) is 5.75 Å². The molecule has 2 rings (SSSR count). The van der Waals surface area contributed by atoms with Crippen molar-refractivity contribution in [3.05, 3.63) is 64.2 Å². The summed E-state index contributed by atoms with van der Waals surface area (Å²) < 4.78 is 45.5. The van der Waals surface area contributed by atoms with Crippen LogP contribution in [0.4, 0.5) is 13.2 Å². The Hall–Kier alpha value is -2.50. The Labute approximate surface area is 151 Å². The van der Waals surface area contributed by atoms with E-state index in [4.69, 9.17) is 4.74 Å². The predicted molar refractivity (Wildman–Crippen MR) is 94.1 cm³/mol. The van der Waals surface area contributed by atoms with Gasteiger partial charge in [-0.15, -0.1) is 0 Å². The number of rotatable bonds is 6. The number of likely N-dealkylation sites (N-methyl/N-ethyl adjacent to an activating group) is 1. The van der Waals surface area contributed by atoms with Gasteiger partial charge in [0.15, 0.2) is 0 Å². The van der Waals surface area contributed by atoms with Crippen LogP contribution in [0.15, 0.2) is 36.4 Å². The molecule has 0 bridgehead atoms. The van der Waals surface area contributed by atoms with Gasteiger partial charge in [0.05, 0.1) is 12.0 Å². The van der Waals surface area contributed by atoms with Crippen molar-refractivity contribution in [1.82, 2.24) is 5.32 Å². The fraction of sp³-hybridized carbons (Fsp3) is 0.350. The lowest BCUT2D eigenvalue weighted by molar-refractivity contribution is -0.139. The molecule has 0 saturated heterocycles. The molecule has 3 nitrogen and oxygen atoms in total. The Balaban J connectivity index is 2.31. The average Bonchev–Trinajstić information content (AvgIpc) is 2.60. The van der Waals surface area contributed by atoms with Crippen LogP contribution in [-0.2, 0) is 30.4 Å². The van der Waals surface area contributed by atoms with E-state index in [9.17, 15) is 18.0 Å². The van der Waals surface area contributed by atoms with E-state index in [1.807, 2.05) is 19.1 Å². The molecular formula is C20H22F3NO2. The van der Waals surface area contributed by atoms with Crippen LogP contribution in [0.2, 0.25) is 0 Å². The largest absolute Gasteiger partial charge is 0.488 e. The summed E-state index contributed by atoms with van der Waals surface area (Å²) in [5.74, 6) is -0.371. The van der Waals surface area contributed by atoms with E-state index in [0.717, 1.165) is 22.8 Å².